The van der Waals surface area contributed by atoms with Crippen LogP contribution in [-0.4, -0.2) is 29.9 Å². The smallest absolute Gasteiger partial charge is 0.164 e. The third-order valence-corrected chi connectivity index (χ3v) is 12.2. The fraction of sp³-hybridized carbons (Fsp3) is 0.0182. The summed E-state index contributed by atoms with van der Waals surface area (Å²) in [6.07, 6.45) is 0. The molecule has 0 radical (unpaired) electrons. The second-order valence-electron chi connectivity index (χ2n) is 15.1. The molecule has 0 spiro atoms. The van der Waals surface area contributed by atoms with E-state index in [1.54, 1.807) is 11.8 Å². The second kappa shape index (κ2) is 16.3. The lowest BCUT2D eigenvalue weighted by Gasteiger charge is -2.16. The summed E-state index contributed by atoms with van der Waals surface area (Å²) in [5.41, 5.74) is 11.7. The highest BCUT2D eigenvalue weighted by Gasteiger charge is 2.32. The average Bonchev–Trinajstić information content (AvgIpc) is 3.69. The van der Waals surface area contributed by atoms with E-state index in [-0.39, 0.29) is 5.92 Å². The van der Waals surface area contributed by atoms with Crippen molar-refractivity contribution in [1.82, 2.24) is 29.9 Å². The van der Waals surface area contributed by atoms with Crippen LogP contribution >= 0.6 is 11.8 Å². The minimum atomic E-state index is -0.129. The van der Waals surface area contributed by atoms with Crippen LogP contribution in [0.5, 0.6) is 0 Å². The van der Waals surface area contributed by atoms with E-state index in [2.05, 4.69) is 152 Å². The topological polar surface area (TPSA) is 77.3 Å². The molecule has 1 aliphatic rings. The third-order valence-electron chi connectivity index (χ3n) is 11.1. The van der Waals surface area contributed by atoms with Gasteiger partial charge >= 0.3 is 0 Å². The molecule has 2 aromatic heterocycles. The van der Waals surface area contributed by atoms with Gasteiger partial charge in [-0.1, -0.05) is 206 Å². The van der Waals surface area contributed by atoms with E-state index in [1.807, 2.05) is 60.7 Å². The predicted octanol–water partition coefficient (Wildman–Crippen LogP) is 13.4. The molecule has 62 heavy (non-hydrogen) atoms. The van der Waals surface area contributed by atoms with Gasteiger partial charge in [0.05, 0.1) is 5.92 Å². The van der Waals surface area contributed by atoms with Gasteiger partial charge in [0.25, 0.3) is 0 Å². The van der Waals surface area contributed by atoms with E-state index in [1.165, 1.54) is 22.3 Å². The first-order valence-electron chi connectivity index (χ1n) is 20.6. The van der Waals surface area contributed by atoms with Crippen LogP contribution < -0.4 is 0 Å². The summed E-state index contributed by atoms with van der Waals surface area (Å²) in [5.74, 6) is 3.70. The Kier molecular flexibility index (Phi) is 9.76. The third kappa shape index (κ3) is 7.25. The molecule has 2 heterocycles. The van der Waals surface area contributed by atoms with Gasteiger partial charge in [0.15, 0.2) is 29.1 Å². The summed E-state index contributed by atoms with van der Waals surface area (Å²) in [7, 11) is 0. The Morgan fingerprint density at radius 3 is 1.31 bits per heavy atom. The van der Waals surface area contributed by atoms with Gasteiger partial charge in [-0.15, -0.1) is 0 Å². The lowest BCUT2D eigenvalue weighted by molar-refractivity contribution is 0.854. The lowest BCUT2D eigenvalue weighted by atomic mass is 9.96. The van der Waals surface area contributed by atoms with Gasteiger partial charge < -0.3 is 0 Å². The fourth-order valence-corrected chi connectivity index (χ4v) is 9.15. The van der Waals surface area contributed by atoms with Crippen molar-refractivity contribution in [2.24, 2.45) is 0 Å². The summed E-state index contributed by atoms with van der Waals surface area (Å²) in [4.78, 5) is 32.8. The summed E-state index contributed by atoms with van der Waals surface area (Å²) >= 11 is 1.66. The average molecular weight is 813 g/mol. The molecule has 0 saturated carbocycles. The molecule has 0 atom stereocenters. The van der Waals surface area contributed by atoms with E-state index in [9.17, 15) is 0 Å². The molecular weight excluding hydrogens is 777 g/mol. The molecule has 0 amide bonds. The summed E-state index contributed by atoms with van der Waals surface area (Å²) in [6.45, 7) is 0. The van der Waals surface area contributed by atoms with Crippen molar-refractivity contribution in [3.05, 3.63) is 229 Å². The van der Waals surface area contributed by atoms with Crippen LogP contribution in [0.15, 0.2) is 222 Å². The standard InChI is InChI=1S/C55H36N6S/c1-4-17-36(18-5-1)37-31-33-40(34-32-37)52-56-50(38-19-6-2-7-20-38)57-53(58-52)41-23-16-24-42(35-41)62-48-30-15-14-29-47(48)54-59-51(39-21-8-3-9-22-39)60-55(61-54)49-45-27-12-10-25-43(45)44-26-11-13-28-46(44)49/h1-35,49H. The van der Waals surface area contributed by atoms with Crippen LogP contribution in [0.1, 0.15) is 22.9 Å². The monoisotopic (exact) mass is 812 g/mol. The van der Waals surface area contributed by atoms with E-state index >= 15 is 0 Å². The first-order valence-corrected chi connectivity index (χ1v) is 21.4. The van der Waals surface area contributed by atoms with Crippen molar-refractivity contribution < 1.29 is 0 Å². The number of hydrogen-bond donors (Lipinski definition) is 0. The Balaban J connectivity index is 0.977. The zero-order chi connectivity index (χ0) is 41.2. The molecule has 10 aromatic rings. The van der Waals surface area contributed by atoms with Gasteiger partial charge in [0, 0.05) is 37.6 Å². The van der Waals surface area contributed by atoms with Crippen molar-refractivity contribution in [2.75, 3.05) is 0 Å². The Bertz CT molecular complexity index is 3170. The number of aromatic nitrogens is 6. The van der Waals surface area contributed by atoms with Crippen molar-refractivity contribution >= 4 is 11.8 Å². The molecule has 7 heteroatoms. The molecule has 6 nitrogen and oxygen atoms in total. The maximum absolute atomic E-state index is 5.31. The fourth-order valence-electron chi connectivity index (χ4n) is 8.15. The maximum atomic E-state index is 5.31. The molecule has 1 aliphatic carbocycles. The van der Waals surface area contributed by atoms with E-state index < -0.39 is 0 Å². The Morgan fingerprint density at radius 2 is 0.694 bits per heavy atom. The van der Waals surface area contributed by atoms with Gasteiger partial charge in [-0.05, 0) is 51.6 Å². The molecule has 0 N–H and O–H groups in total. The van der Waals surface area contributed by atoms with E-state index in [0.29, 0.717) is 29.1 Å². The highest BCUT2D eigenvalue weighted by atomic mass is 32.2. The Hall–Kier alpha value is -7.87. The zero-order valence-corrected chi connectivity index (χ0v) is 34.2. The van der Waals surface area contributed by atoms with Crippen molar-refractivity contribution in [2.45, 2.75) is 15.7 Å². The molecule has 292 valence electrons. The Labute approximate surface area is 364 Å². The van der Waals surface area contributed by atoms with E-state index in [0.717, 1.165) is 54.6 Å². The van der Waals surface area contributed by atoms with Crippen LogP contribution in [-0.2, 0) is 0 Å². The van der Waals surface area contributed by atoms with E-state index in [4.69, 9.17) is 29.9 Å². The first kappa shape index (κ1) is 37.2. The number of nitrogens with zero attached hydrogens (tertiary/aromatic N) is 6. The van der Waals surface area contributed by atoms with Crippen LogP contribution in [0.2, 0.25) is 0 Å². The molecule has 0 fully saturated rings. The first-order chi connectivity index (χ1) is 30.7. The molecular formula is C55H36N6S. The summed E-state index contributed by atoms with van der Waals surface area (Å²) in [6, 6.07) is 72.9. The number of benzene rings is 8. The Morgan fingerprint density at radius 1 is 0.290 bits per heavy atom. The van der Waals surface area contributed by atoms with Gasteiger partial charge in [0.2, 0.25) is 0 Å². The largest absolute Gasteiger partial charge is 0.212 e. The maximum Gasteiger partial charge on any atom is 0.164 e. The lowest BCUT2D eigenvalue weighted by Crippen LogP contribution is -2.09. The highest BCUT2D eigenvalue weighted by Crippen LogP contribution is 2.47. The molecule has 8 aromatic carbocycles. The summed E-state index contributed by atoms with van der Waals surface area (Å²) < 4.78 is 0. The minimum absolute atomic E-state index is 0.129. The van der Waals surface area contributed by atoms with Crippen LogP contribution in [0.3, 0.4) is 0 Å². The highest BCUT2D eigenvalue weighted by molar-refractivity contribution is 7.99. The van der Waals surface area contributed by atoms with Gasteiger partial charge in [-0.2, -0.15) is 0 Å². The molecule has 0 bridgehead atoms. The van der Waals surface area contributed by atoms with Gasteiger partial charge in [-0.25, -0.2) is 29.9 Å². The van der Waals surface area contributed by atoms with Gasteiger partial charge in [0.1, 0.15) is 5.82 Å². The number of hydrogen-bond acceptors (Lipinski definition) is 7. The molecule has 0 unspecified atom stereocenters. The predicted molar refractivity (Wildman–Crippen MR) is 249 cm³/mol. The van der Waals surface area contributed by atoms with Gasteiger partial charge in [-0.3, -0.25) is 0 Å². The van der Waals surface area contributed by atoms with Crippen LogP contribution in [0, 0.1) is 0 Å². The van der Waals surface area contributed by atoms with Crippen LogP contribution in [0.25, 0.3) is 79.2 Å². The quantitative estimate of drug-likeness (QED) is 0.144. The SMILES string of the molecule is c1ccc(-c2ccc(-c3nc(-c4ccccc4)nc(-c4cccc(Sc5ccccc5-c5nc(-c6ccccc6)nc(C6c7ccccc7-c7ccccc76)n5)c4)n3)cc2)cc1. The molecule has 0 aliphatic heterocycles. The van der Waals surface area contributed by atoms with Crippen molar-refractivity contribution in [1.29, 1.82) is 0 Å². The number of rotatable bonds is 9. The summed E-state index contributed by atoms with van der Waals surface area (Å²) in [5, 5.41) is 0. The van der Waals surface area contributed by atoms with Crippen molar-refractivity contribution in [3.8, 4) is 79.2 Å². The normalized spacial score (nSPS) is 11.9. The zero-order valence-electron chi connectivity index (χ0n) is 33.4. The molecule has 0 saturated heterocycles. The number of fused-ring (bicyclic) bond motifs is 3. The van der Waals surface area contributed by atoms with Crippen molar-refractivity contribution in [3.63, 3.8) is 0 Å². The molecule has 11 rings (SSSR count). The minimum Gasteiger partial charge on any atom is -0.212 e. The van der Waals surface area contributed by atoms with Crippen LogP contribution in [0.4, 0.5) is 0 Å². The second-order valence-corrected chi connectivity index (χ2v) is 16.2.